The van der Waals surface area contributed by atoms with E-state index in [0.717, 1.165) is 5.56 Å². The van der Waals surface area contributed by atoms with Crippen LogP contribution in [0.5, 0.6) is 0 Å². The summed E-state index contributed by atoms with van der Waals surface area (Å²) in [5, 5.41) is 20.1. The summed E-state index contributed by atoms with van der Waals surface area (Å²) in [6.07, 6.45) is 1.60. The number of aromatic nitrogens is 3. The standard InChI is InChI=1S/C18H15N3O2/c22-12-16-18(17-9-4-10-23-17)21(20-19-16)11-14-7-3-6-13-5-1-2-8-15(13)14/h1-10,22H,11-12H2. The van der Waals surface area contributed by atoms with E-state index in [0.29, 0.717) is 23.7 Å². The fourth-order valence-corrected chi connectivity index (χ4v) is 2.84. The summed E-state index contributed by atoms with van der Waals surface area (Å²) in [6, 6.07) is 18.1. The maximum Gasteiger partial charge on any atom is 0.153 e. The minimum absolute atomic E-state index is 0.175. The van der Waals surface area contributed by atoms with E-state index >= 15 is 0 Å². The van der Waals surface area contributed by atoms with Gasteiger partial charge in [-0.3, -0.25) is 0 Å². The number of hydrogen-bond acceptors (Lipinski definition) is 4. The second-order valence-corrected chi connectivity index (χ2v) is 5.32. The summed E-state index contributed by atoms with van der Waals surface area (Å²) < 4.78 is 7.24. The number of hydrogen-bond donors (Lipinski definition) is 1. The van der Waals surface area contributed by atoms with Gasteiger partial charge in [-0.25, -0.2) is 4.68 Å². The zero-order valence-corrected chi connectivity index (χ0v) is 12.4. The van der Waals surface area contributed by atoms with E-state index in [2.05, 4.69) is 34.6 Å². The molecule has 0 aliphatic carbocycles. The Morgan fingerprint density at radius 2 is 1.87 bits per heavy atom. The lowest BCUT2D eigenvalue weighted by molar-refractivity contribution is 0.277. The van der Waals surface area contributed by atoms with E-state index in [9.17, 15) is 5.11 Å². The first kappa shape index (κ1) is 13.7. The third-order valence-corrected chi connectivity index (χ3v) is 3.91. The maximum atomic E-state index is 9.51. The number of aliphatic hydroxyl groups is 1. The Labute approximate surface area is 132 Å². The number of nitrogens with zero attached hydrogens (tertiary/aromatic N) is 3. The fourth-order valence-electron chi connectivity index (χ4n) is 2.84. The quantitative estimate of drug-likeness (QED) is 0.628. The molecule has 114 valence electrons. The van der Waals surface area contributed by atoms with Crippen molar-refractivity contribution in [2.24, 2.45) is 0 Å². The van der Waals surface area contributed by atoms with Crippen LogP contribution < -0.4 is 0 Å². The average molecular weight is 305 g/mol. The molecule has 0 saturated carbocycles. The van der Waals surface area contributed by atoms with E-state index in [1.807, 2.05) is 30.3 Å². The van der Waals surface area contributed by atoms with Gasteiger partial charge in [0.25, 0.3) is 0 Å². The van der Waals surface area contributed by atoms with Crippen LogP contribution in [-0.2, 0) is 13.2 Å². The number of fused-ring (bicyclic) bond motifs is 1. The zero-order valence-electron chi connectivity index (χ0n) is 12.4. The van der Waals surface area contributed by atoms with E-state index < -0.39 is 0 Å². The van der Waals surface area contributed by atoms with Crippen molar-refractivity contribution in [3.8, 4) is 11.5 Å². The lowest BCUT2D eigenvalue weighted by Gasteiger charge is -2.09. The highest BCUT2D eigenvalue weighted by molar-refractivity contribution is 5.85. The molecule has 0 radical (unpaired) electrons. The van der Waals surface area contributed by atoms with Crippen LogP contribution in [0.4, 0.5) is 0 Å². The molecule has 0 bridgehead atoms. The normalized spacial score (nSPS) is 11.2. The lowest BCUT2D eigenvalue weighted by atomic mass is 10.0. The number of benzene rings is 2. The van der Waals surface area contributed by atoms with Crippen LogP contribution in [0.25, 0.3) is 22.2 Å². The molecule has 23 heavy (non-hydrogen) atoms. The summed E-state index contributed by atoms with van der Waals surface area (Å²) in [5.41, 5.74) is 2.37. The number of furan rings is 1. The first-order valence-corrected chi connectivity index (χ1v) is 7.40. The van der Waals surface area contributed by atoms with Gasteiger partial charge in [0.2, 0.25) is 0 Å². The summed E-state index contributed by atoms with van der Waals surface area (Å²) in [7, 11) is 0. The predicted molar refractivity (Wildman–Crippen MR) is 86.7 cm³/mol. The average Bonchev–Trinajstić information content (AvgIpc) is 3.24. The van der Waals surface area contributed by atoms with Crippen LogP contribution in [0.15, 0.2) is 65.3 Å². The third kappa shape index (κ3) is 2.41. The van der Waals surface area contributed by atoms with Crippen molar-refractivity contribution in [1.82, 2.24) is 15.0 Å². The van der Waals surface area contributed by atoms with Crippen LogP contribution in [0, 0.1) is 0 Å². The molecular formula is C18H15N3O2. The summed E-state index contributed by atoms with van der Waals surface area (Å²) >= 11 is 0. The van der Waals surface area contributed by atoms with E-state index in [4.69, 9.17) is 4.42 Å². The Morgan fingerprint density at radius 1 is 1.00 bits per heavy atom. The lowest BCUT2D eigenvalue weighted by Crippen LogP contribution is -2.05. The number of rotatable bonds is 4. The molecule has 0 atom stereocenters. The van der Waals surface area contributed by atoms with E-state index in [1.165, 1.54) is 10.8 Å². The van der Waals surface area contributed by atoms with Crippen LogP contribution in [0.2, 0.25) is 0 Å². The smallest absolute Gasteiger partial charge is 0.153 e. The van der Waals surface area contributed by atoms with Gasteiger partial charge in [-0.1, -0.05) is 47.7 Å². The maximum absolute atomic E-state index is 9.51. The van der Waals surface area contributed by atoms with Crippen molar-refractivity contribution in [1.29, 1.82) is 0 Å². The molecule has 5 nitrogen and oxygen atoms in total. The molecule has 4 aromatic rings. The minimum Gasteiger partial charge on any atom is -0.463 e. The Morgan fingerprint density at radius 3 is 2.70 bits per heavy atom. The molecule has 0 saturated heterocycles. The predicted octanol–water partition coefficient (Wildman–Crippen LogP) is 3.23. The van der Waals surface area contributed by atoms with Gasteiger partial charge >= 0.3 is 0 Å². The fraction of sp³-hybridized carbons (Fsp3) is 0.111. The van der Waals surface area contributed by atoms with Crippen molar-refractivity contribution in [2.45, 2.75) is 13.2 Å². The van der Waals surface area contributed by atoms with Gasteiger partial charge in [-0.05, 0) is 28.5 Å². The molecule has 2 aromatic carbocycles. The van der Waals surface area contributed by atoms with E-state index in [1.54, 1.807) is 10.9 Å². The Hall–Kier alpha value is -2.92. The van der Waals surface area contributed by atoms with E-state index in [-0.39, 0.29) is 6.61 Å². The SMILES string of the molecule is OCc1nnn(Cc2cccc3ccccc23)c1-c1ccco1. The van der Waals surface area contributed by atoms with Gasteiger partial charge in [0, 0.05) is 0 Å². The highest BCUT2D eigenvalue weighted by Gasteiger charge is 2.17. The summed E-state index contributed by atoms with van der Waals surface area (Å²) in [5.74, 6) is 0.652. The van der Waals surface area contributed by atoms with Gasteiger partial charge in [-0.15, -0.1) is 5.10 Å². The first-order valence-electron chi connectivity index (χ1n) is 7.40. The second-order valence-electron chi connectivity index (χ2n) is 5.32. The second kappa shape index (κ2) is 5.70. The van der Waals surface area contributed by atoms with Crippen LogP contribution in [-0.4, -0.2) is 20.1 Å². The van der Waals surface area contributed by atoms with Gasteiger partial charge in [0.1, 0.15) is 11.4 Å². The molecule has 1 N–H and O–H groups in total. The highest BCUT2D eigenvalue weighted by atomic mass is 16.3. The van der Waals surface area contributed by atoms with Crippen molar-refractivity contribution < 1.29 is 9.52 Å². The largest absolute Gasteiger partial charge is 0.463 e. The van der Waals surface area contributed by atoms with Crippen molar-refractivity contribution in [2.75, 3.05) is 0 Å². The first-order chi connectivity index (χ1) is 11.4. The van der Waals surface area contributed by atoms with Crippen LogP contribution in [0.1, 0.15) is 11.3 Å². The van der Waals surface area contributed by atoms with Gasteiger partial charge < -0.3 is 9.52 Å². The molecule has 0 fully saturated rings. The van der Waals surface area contributed by atoms with Crippen molar-refractivity contribution in [3.63, 3.8) is 0 Å². The van der Waals surface area contributed by atoms with Gasteiger partial charge in [-0.2, -0.15) is 0 Å². The Bertz CT molecular complexity index is 937. The molecule has 0 spiro atoms. The van der Waals surface area contributed by atoms with Crippen molar-refractivity contribution in [3.05, 3.63) is 72.1 Å². The zero-order chi connectivity index (χ0) is 15.6. The molecule has 2 aromatic heterocycles. The topological polar surface area (TPSA) is 64.1 Å². The highest BCUT2D eigenvalue weighted by Crippen LogP contribution is 2.25. The van der Waals surface area contributed by atoms with Crippen LogP contribution in [0.3, 0.4) is 0 Å². The molecule has 0 amide bonds. The molecule has 0 unspecified atom stereocenters. The molecule has 5 heteroatoms. The molecule has 4 rings (SSSR count). The van der Waals surface area contributed by atoms with Gasteiger partial charge in [0.05, 0.1) is 19.4 Å². The molecule has 2 heterocycles. The minimum atomic E-state index is -0.175. The summed E-state index contributed by atoms with van der Waals surface area (Å²) in [4.78, 5) is 0. The van der Waals surface area contributed by atoms with Crippen molar-refractivity contribution >= 4 is 10.8 Å². The summed E-state index contributed by atoms with van der Waals surface area (Å²) in [6.45, 7) is 0.385. The Balaban J connectivity index is 1.81. The molecule has 0 aliphatic heterocycles. The van der Waals surface area contributed by atoms with Crippen LogP contribution >= 0.6 is 0 Å². The Kier molecular flexibility index (Phi) is 3.40. The van der Waals surface area contributed by atoms with Gasteiger partial charge in [0.15, 0.2) is 5.76 Å². The monoisotopic (exact) mass is 305 g/mol. The number of aliphatic hydroxyl groups excluding tert-OH is 1. The molecule has 0 aliphatic rings. The molecular weight excluding hydrogens is 290 g/mol. The third-order valence-electron chi connectivity index (χ3n) is 3.91.